The van der Waals surface area contributed by atoms with E-state index in [4.69, 9.17) is 9.73 Å². The maximum atomic E-state index is 5.10. The first-order chi connectivity index (χ1) is 12.5. The van der Waals surface area contributed by atoms with Crippen molar-refractivity contribution in [1.29, 1.82) is 0 Å². The summed E-state index contributed by atoms with van der Waals surface area (Å²) in [5, 5.41) is 14.9. The Hall–Kier alpha value is -1.20. The number of aryl methyl sites for hydroxylation is 2. The Morgan fingerprint density at radius 2 is 2.04 bits per heavy atom. The second-order valence-electron chi connectivity index (χ2n) is 6.08. The molecule has 2 N–H and O–H groups in total. The minimum absolute atomic E-state index is 0. The van der Waals surface area contributed by atoms with Gasteiger partial charge in [0.05, 0.1) is 13.1 Å². The third kappa shape index (κ3) is 7.74. The molecular formula is C18H28BrIN6O. The number of nitrogens with zero attached hydrogens (tertiary/aromatic N) is 4. The Bertz CT molecular complexity index is 749. The quantitative estimate of drug-likeness (QED) is 0.229. The number of hydrogen-bond acceptors (Lipinski definition) is 4. The van der Waals surface area contributed by atoms with Gasteiger partial charge in [-0.05, 0) is 43.5 Å². The number of nitrogens with one attached hydrogen (secondary N) is 2. The van der Waals surface area contributed by atoms with Crippen molar-refractivity contribution in [3.8, 4) is 0 Å². The predicted octanol–water partition coefficient (Wildman–Crippen LogP) is 3.08. The number of ether oxygens (including phenoxy) is 1. The number of aromatic nitrogens is 3. The number of guanidine groups is 1. The Morgan fingerprint density at radius 1 is 1.26 bits per heavy atom. The molecule has 0 spiro atoms. The molecular weight excluding hydrogens is 523 g/mol. The van der Waals surface area contributed by atoms with Crippen LogP contribution >= 0.6 is 39.9 Å². The molecule has 0 radical (unpaired) electrons. The summed E-state index contributed by atoms with van der Waals surface area (Å²) < 4.78 is 8.15. The molecule has 9 heteroatoms. The van der Waals surface area contributed by atoms with Gasteiger partial charge in [-0.2, -0.15) is 0 Å². The van der Waals surface area contributed by atoms with Gasteiger partial charge < -0.3 is 19.9 Å². The fourth-order valence-corrected chi connectivity index (χ4v) is 2.84. The second kappa shape index (κ2) is 12.3. The number of benzene rings is 1. The molecule has 2 rings (SSSR count). The van der Waals surface area contributed by atoms with E-state index in [9.17, 15) is 0 Å². The predicted molar refractivity (Wildman–Crippen MR) is 123 cm³/mol. The summed E-state index contributed by atoms with van der Waals surface area (Å²) in [6, 6.07) is 6.24. The highest BCUT2D eigenvalue weighted by Gasteiger charge is 2.06. The van der Waals surface area contributed by atoms with Crippen molar-refractivity contribution in [2.45, 2.75) is 33.4 Å². The normalized spacial score (nSPS) is 11.2. The Labute approximate surface area is 186 Å². The minimum atomic E-state index is 0. The molecule has 0 saturated heterocycles. The van der Waals surface area contributed by atoms with Crippen LogP contribution in [0, 0.1) is 13.8 Å². The van der Waals surface area contributed by atoms with E-state index < -0.39 is 0 Å². The Balaban J connectivity index is 0.00000364. The van der Waals surface area contributed by atoms with E-state index in [1.54, 1.807) is 7.11 Å². The first-order valence-corrected chi connectivity index (χ1v) is 9.41. The molecule has 0 amide bonds. The van der Waals surface area contributed by atoms with Crippen LogP contribution in [0.4, 0.5) is 0 Å². The molecule has 150 valence electrons. The lowest BCUT2D eigenvalue weighted by Crippen LogP contribution is -2.38. The monoisotopic (exact) mass is 550 g/mol. The minimum Gasteiger partial charge on any atom is -0.385 e. The summed E-state index contributed by atoms with van der Waals surface area (Å²) in [5.74, 6) is 2.51. The van der Waals surface area contributed by atoms with Crippen LogP contribution in [0.15, 0.2) is 27.7 Å². The van der Waals surface area contributed by atoms with Gasteiger partial charge in [0.15, 0.2) is 11.8 Å². The highest BCUT2D eigenvalue weighted by molar-refractivity contribution is 14.0. The van der Waals surface area contributed by atoms with Crippen LogP contribution in [0.3, 0.4) is 0 Å². The summed E-state index contributed by atoms with van der Waals surface area (Å²) in [6.07, 6.45) is 0.914. The second-order valence-corrected chi connectivity index (χ2v) is 7.00. The van der Waals surface area contributed by atoms with E-state index in [-0.39, 0.29) is 24.0 Å². The molecule has 1 aromatic carbocycles. The molecule has 0 atom stereocenters. The SMILES string of the molecule is COCCCNC(=NCc1ccc(Br)cc1C)NCc1nnc(C)n1C.I. The van der Waals surface area contributed by atoms with Crippen molar-refractivity contribution >= 4 is 45.9 Å². The summed E-state index contributed by atoms with van der Waals surface area (Å²) in [4.78, 5) is 4.71. The van der Waals surface area contributed by atoms with Crippen molar-refractivity contribution in [3.63, 3.8) is 0 Å². The van der Waals surface area contributed by atoms with Crippen LogP contribution < -0.4 is 10.6 Å². The van der Waals surface area contributed by atoms with Crippen LogP contribution in [0.1, 0.15) is 29.2 Å². The Kier molecular flexibility index (Phi) is 10.9. The molecule has 1 heterocycles. The highest BCUT2D eigenvalue weighted by Crippen LogP contribution is 2.16. The van der Waals surface area contributed by atoms with E-state index in [1.807, 2.05) is 24.6 Å². The van der Waals surface area contributed by atoms with Crippen LogP contribution in [0.2, 0.25) is 0 Å². The van der Waals surface area contributed by atoms with Gasteiger partial charge in [-0.1, -0.05) is 22.0 Å². The molecule has 0 aliphatic heterocycles. The van der Waals surface area contributed by atoms with Crippen molar-refractivity contribution in [2.75, 3.05) is 20.3 Å². The topological polar surface area (TPSA) is 76.4 Å². The van der Waals surface area contributed by atoms with Crippen LogP contribution in [0.25, 0.3) is 0 Å². The molecule has 0 aliphatic carbocycles. The van der Waals surface area contributed by atoms with Crippen molar-refractivity contribution in [2.24, 2.45) is 12.0 Å². The van der Waals surface area contributed by atoms with Gasteiger partial charge in [-0.25, -0.2) is 4.99 Å². The van der Waals surface area contributed by atoms with Gasteiger partial charge in [0, 0.05) is 31.8 Å². The van der Waals surface area contributed by atoms with Crippen molar-refractivity contribution in [3.05, 3.63) is 45.4 Å². The lowest BCUT2D eigenvalue weighted by atomic mass is 10.1. The fraction of sp³-hybridized carbons (Fsp3) is 0.500. The lowest BCUT2D eigenvalue weighted by Gasteiger charge is -2.13. The molecule has 0 bridgehead atoms. The van der Waals surface area contributed by atoms with Crippen molar-refractivity contribution in [1.82, 2.24) is 25.4 Å². The zero-order valence-electron chi connectivity index (χ0n) is 16.3. The average molecular weight is 551 g/mol. The van der Waals surface area contributed by atoms with Crippen LogP contribution in [0.5, 0.6) is 0 Å². The van der Waals surface area contributed by atoms with Gasteiger partial charge in [0.1, 0.15) is 5.82 Å². The van der Waals surface area contributed by atoms with Crippen LogP contribution in [-0.2, 0) is 24.9 Å². The highest BCUT2D eigenvalue weighted by atomic mass is 127. The molecule has 7 nitrogen and oxygen atoms in total. The van der Waals surface area contributed by atoms with E-state index in [0.717, 1.165) is 35.0 Å². The van der Waals surface area contributed by atoms with Gasteiger partial charge in [-0.3, -0.25) is 0 Å². The standard InChI is InChI=1S/C18H27BrN6O.HI/c1-13-10-16(19)7-6-15(13)11-21-18(20-8-5-9-26-4)22-12-17-24-23-14(2)25(17)3;/h6-7,10H,5,8-9,11-12H2,1-4H3,(H2,20,21,22);1H. The maximum absolute atomic E-state index is 5.10. The van der Waals surface area contributed by atoms with E-state index in [2.05, 4.69) is 55.8 Å². The zero-order chi connectivity index (χ0) is 18.9. The number of aliphatic imine (C=N–C) groups is 1. The van der Waals surface area contributed by atoms with Gasteiger partial charge >= 0.3 is 0 Å². The number of methoxy groups -OCH3 is 1. The molecule has 0 saturated carbocycles. The first-order valence-electron chi connectivity index (χ1n) is 8.62. The van der Waals surface area contributed by atoms with Gasteiger partial charge in [-0.15, -0.1) is 34.2 Å². The molecule has 0 aliphatic rings. The Morgan fingerprint density at radius 3 is 2.67 bits per heavy atom. The van der Waals surface area contributed by atoms with Crippen LogP contribution in [-0.4, -0.2) is 41.0 Å². The molecule has 1 aromatic heterocycles. The number of hydrogen-bond donors (Lipinski definition) is 2. The number of halogens is 2. The summed E-state index contributed by atoms with van der Waals surface area (Å²) in [7, 11) is 3.67. The lowest BCUT2D eigenvalue weighted by molar-refractivity contribution is 0.195. The zero-order valence-corrected chi connectivity index (χ0v) is 20.2. The maximum Gasteiger partial charge on any atom is 0.191 e. The fourth-order valence-electron chi connectivity index (χ4n) is 2.37. The van der Waals surface area contributed by atoms with Gasteiger partial charge in [0.2, 0.25) is 0 Å². The van der Waals surface area contributed by atoms with E-state index in [0.29, 0.717) is 19.7 Å². The van der Waals surface area contributed by atoms with Crippen molar-refractivity contribution < 1.29 is 4.74 Å². The third-order valence-electron chi connectivity index (χ3n) is 4.13. The summed E-state index contributed by atoms with van der Waals surface area (Å²) in [6.45, 7) is 6.70. The molecule has 27 heavy (non-hydrogen) atoms. The first kappa shape index (κ1) is 23.8. The number of rotatable bonds is 8. The molecule has 0 fully saturated rings. The van der Waals surface area contributed by atoms with E-state index >= 15 is 0 Å². The van der Waals surface area contributed by atoms with Gasteiger partial charge in [0.25, 0.3) is 0 Å². The smallest absolute Gasteiger partial charge is 0.191 e. The largest absolute Gasteiger partial charge is 0.385 e. The summed E-state index contributed by atoms with van der Waals surface area (Å²) >= 11 is 3.50. The summed E-state index contributed by atoms with van der Waals surface area (Å²) in [5.41, 5.74) is 2.41. The van der Waals surface area contributed by atoms with E-state index in [1.165, 1.54) is 11.1 Å². The molecule has 0 unspecified atom stereocenters. The molecule has 2 aromatic rings. The average Bonchev–Trinajstić information content (AvgIpc) is 2.93. The third-order valence-corrected chi connectivity index (χ3v) is 4.62.